The van der Waals surface area contributed by atoms with Crippen molar-refractivity contribution in [2.45, 2.75) is 6.36 Å². The van der Waals surface area contributed by atoms with Crippen LogP contribution in [0.3, 0.4) is 0 Å². The number of aromatic nitrogens is 2. The molecule has 0 aliphatic carbocycles. The van der Waals surface area contributed by atoms with E-state index in [1.165, 1.54) is 18.2 Å². The molecule has 0 amide bonds. The number of benzene rings is 1. The molecular weight excluding hydrogens is 299 g/mol. The van der Waals surface area contributed by atoms with Gasteiger partial charge in [-0.25, -0.2) is 4.98 Å². The monoisotopic (exact) mass is 305 g/mol. The van der Waals surface area contributed by atoms with E-state index in [1.54, 1.807) is 0 Å². The molecular formula is C11H7ClF3N3O2. The van der Waals surface area contributed by atoms with Crippen LogP contribution in [0, 0.1) is 0 Å². The third-order valence-electron chi connectivity index (χ3n) is 2.07. The molecule has 2 N–H and O–H groups in total. The predicted molar refractivity (Wildman–Crippen MR) is 64.7 cm³/mol. The van der Waals surface area contributed by atoms with Crippen LogP contribution >= 0.6 is 11.6 Å². The van der Waals surface area contributed by atoms with Gasteiger partial charge in [0.25, 0.3) is 0 Å². The van der Waals surface area contributed by atoms with E-state index >= 15 is 0 Å². The summed E-state index contributed by atoms with van der Waals surface area (Å²) in [4.78, 5) is 7.30. The normalized spacial score (nSPS) is 11.2. The average Bonchev–Trinajstić information content (AvgIpc) is 2.35. The van der Waals surface area contributed by atoms with Crippen LogP contribution in [0.4, 0.5) is 19.0 Å². The van der Waals surface area contributed by atoms with Gasteiger partial charge in [0.1, 0.15) is 17.2 Å². The summed E-state index contributed by atoms with van der Waals surface area (Å²) in [6, 6.07) is 5.21. The molecule has 1 aromatic carbocycles. The Morgan fingerprint density at radius 3 is 2.40 bits per heavy atom. The van der Waals surface area contributed by atoms with E-state index in [2.05, 4.69) is 14.7 Å². The molecule has 0 radical (unpaired) electrons. The van der Waals surface area contributed by atoms with Crippen molar-refractivity contribution < 1.29 is 22.6 Å². The number of hydrogen-bond acceptors (Lipinski definition) is 5. The minimum Gasteiger partial charge on any atom is -0.433 e. The van der Waals surface area contributed by atoms with Gasteiger partial charge in [0.2, 0.25) is 5.88 Å². The van der Waals surface area contributed by atoms with Crippen LogP contribution in [0.15, 0.2) is 30.6 Å². The Labute approximate surface area is 116 Å². The number of para-hydroxylation sites is 2. The molecule has 1 aromatic heterocycles. The lowest BCUT2D eigenvalue weighted by Crippen LogP contribution is -2.17. The summed E-state index contributed by atoms with van der Waals surface area (Å²) < 4.78 is 45.8. The average molecular weight is 306 g/mol. The van der Waals surface area contributed by atoms with Gasteiger partial charge in [-0.1, -0.05) is 23.7 Å². The fourth-order valence-corrected chi connectivity index (χ4v) is 1.42. The molecule has 0 saturated carbocycles. The first-order valence-electron chi connectivity index (χ1n) is 5.15. The summed E-state index contributed by atoms with van der Waals surface area (Å²) in [6.07, 6.45) is -3.77. The number of nitrogens with zero attached hydrogens (tertiary/aromatic N) is 2. The second-order valence-electron chi connectivity index (χ2n) is 3.47. The highest BCUT2D eigenvalue weighted by Crippen LogP contribution is 2.37. The van der Waals surface area contributed by atoms with Crippen molar-refractivity contribution in [3.63, 3.8) is 0 Å². The fraction of sp³-hybridized carbons (Fsp3) is 0.0909. The van der Waals surface area contributed by atoms with Crippen LogP contribution in [0.1, 0.15) is 0 Å². The van der Waals surface area contributed by atoms with Crippen molar-refractivity contribution in [2.75, 3.05) is 5.73 Å². The first kappa shape index (κ1) is 14.2. The predicted octanol–water partition coefficient (Wildman–Crippen LogP) is 3.40. The highest BCUT2D eigenvalue weighted by Gasteiger charge is 2.32. The highest BCUT2D eigenvalue weighted by molar-refractivity contribution is 6.34. The Morgan fingerprint density at radius 2 is 1.75 bits per heavy atom. The van der Waals surface area contributed by atoms with Gasteiger partial charge in [-0.05, 0) is 12.1 Å². The molecule has 1 heterocycles. The second-order valence-corrected chi connectivity index (χ2v) is 3.85. The van der Waals surface area contributed by atoms with Gasteiger partial charge in [0.15, 0.2) is 11.5 Å². The van der Waals surface area contributed by atoms with Crippen LogP contribution in [0.2, 0.25) is 5.02 Å². The molecule has 9 heteroatoms. The summed E-state index contributed by atoms with van der Waals surface area (Å²) in [6.45, 7) is 0. The molecule has 2 rings (SSSR count). The van der Waals surface area contributed by atoms with Crippen LogP contribution in [-0.2, 0) is 0 Å². The summed E-state index contributed by atoms with van der Waals surface area (Å²) in [7, 11) is 0. The van der Waals surface area contributed by atoms with E-state index < -0.39 is 12.1 Å². The smallest absolute Gasteiger partial charge is 0.433 e. The molecule has 0 spiro atoms. The number of hydrogen-bond donors (Lipinski definition) is 1. The van der Waals surface area contributed by atoms with Gasteiger partial charge in [0, 0.05) is 0 Å². The number of nitrogens with two attached hydrogens (primary N) is 1. The van der Waals surface area contributed by atoms with Crippen molar-refractivity contribution in [2.24, 2.45) is 0 Å². The minimum atomic E-state index is -4.84. The maximum absolute atomic E-state index is 12.3. The lowest BCUT2D eigenvalue weighted by atomic mass is 10.3. The first-order valence-corrected chi connectivity index (χ1v) is 5.53. The number of anilines is 1. The molecule has 0 unspecified atom stereocenters. The lowest BCUT2D eigenvalue weighted by molar-refractivity contribution is -0.275. The molecule has 106 valence electrons. The van der Waals surface area contributed by atoms with E-state index in [0.717, 1.165) is 12.4 Å². The summed E-state index contributed by atoms with van der Waals surface area (Å²) in [5.41, 5.74) is 5.44. The van der Waals surface area contributed by atoms with Gasteiger partial charge in [-0.2, -0.15) is 4.98 Å². The Morgan fingerprint density at radius 1 is 1.10 bits per heavy atom. The standard InChI is InChI=1S/C11H7ClF3N3O2/c12-8-9(16)17-5-18-10(8)19-6-3-1-2-4-7(6)20-11(13,14)15/h1-5H,(H2,16,17,18). The maximum Gasteiger partial charge on any atom is 0.573 e. The van der Waals surface area contributed by atoms with E-state index in [-0.39, 0.29) is 22.5 Å². The number of halogens is 4. The van der Waals surface area contributed by atoms with Crippen molar-refractivity contribution in [3.05, 3.63) is 35.6 Å². The van der Waals surface area contributed by atoms with Crippen LogP contribution in [0.5, 0.6) is 17.4 Å². The van der Waals surface area contributed by atoms with E-state index in [9.17, 15) is 13.2 Å². The van der Waals surface area contributed by atoms with Crippen molar-refractivity contribution in [1.29, 1.82) is 0 Å². The van der Waals surface area contributed by atoms with Crippen LogP contribution in [0.25, 0.3) is 0 Å². The van der Waals surface area contributed by atoms with Gasteiger partial charge in [0.05, 0.1) is 0 Å². The van der Waals surface area contributed by atoms with E-state index in [4.69, 9.17) is 22.1 Å². The Balaban J connectivity index is 2.32. The summed E-state index contributed by atoms with van der Waals surface area (Å²) in [5.74, 6) is -0.943. The van der Waals surface area contributed by atoms with Crippen LogP contribution < -0.4 is 15.2 Å². The number of ether oxygens (including phenoxy) is 2. The zero-order chi connectivity index (χ0) is 14.8. The number of rotatable bonds is 3. The molecule has 0 aliphatic heterocycles. The first-order chi connectivity index (χ1) is 9.37. The molecule has 2 aromatic rings. The molecule has 5 nitrogen and oxygen atoms in total. The quantitative estimate of drug-likeness (QED) is 0.941. The van der Waals surface area contributed by atoms with Gasteiger partial charge < -0.3 is 15.2 Å². The zero-order valence-electron chi connectivity index (χ0n) is 9.69. The second kappa shape index (κ2) is 5.41. The third kappa shape index (κ3) is 3.41. The van der Waals surface area contributed by atoms with Crippen molar-refractivity contribution >= 4 is 17.4 Å². The fourth-order valence-electron chi connectivity index (χ4n) is 1.29. The minimum absolute atomic E-state index is 0.0501. The Hall–Kier alpha value is -2.22. The van der Waals surface area contributed by atoms with Gasteiger partial charge >= 0.3 is 6.36 Å². The zero-order valence-corrected chi connectivity index (χ0v) is 10.4. The molecule has 0 aliphatic rings. The number of nitrogen functional groups attached to an aromatic ring is 1. The Bertz CT molecular complexity index is 622. The molecule has 0 atom stereocenters. The summed E-state index contributed by atoms with van der Waals surface area (Å²) in [5, 5.41) is -0.102. The third-order valence-corrected chi connectivity index (χ3v) is 2.42. The van der Waals surface area contributed by atoms with Crippen molar-refractivity contribution in [1.82, 2.24) is 9.97 Å². The molecule has 0 fully saturated rings. The van der Waals surface area contributed by atoms with Gasteiger partial charge in [-0.15, -0.1) is 13.2 Å². The Kier molecular flexibility index (Phi) is 3.84. The van der Waals surface area contributed by atoms with E-state index in [0.29, 0.717) is 0 Å². The van der Waals surface area contributed by atoms with Gasteiger partial charge in [-0.3, -0.25) is 0 Å². The molecule has 0 saturated heterocycles. The largest absolute Gasteiger partial charge is 0.573 e. The summed E-state index contributed by atoms with van der Waals surface area (Å²) >= 11 is 5.79. The lowest BCUT2D eigenvalue weighted by Gasteiger charge is -2.13. The number of alkyl halides is 3. The topological polar surface area (TPSA) is 70.3 Å². The highest BCUT2D eigenvalue weighted by atomic mass is 35.5. The molecule has 0 bridgehead atoms. The molecule has 20 heavy (non-hydrogen) atoms. The SMILES string of the molecule is Nc1ncnc(Oc2ccccc2OC(F)(F)F)c1Cl. The van der Waals surface area contributed by atoms with E-state index in [1.807, 2.05) is 0 Å². The van der Waals surface area contributed by atoms with Crippen molar-refractivity contribution in [3.8, 4) is 17.4 Å². The van der Waals surface area contributed by atoms with Crippen LogP contribution in [-0.4, -0.2) is 16.3 Å². The maximum atomic E-state index is 12.3.